The molecule has 0 aliphatic carbocycles. The van der Waals surface area contributed by atoms with Crippen LogP contribution in [-0.2, 0) is 16.0 Å². The van der Waals surface area contributed by atoms with Crippen molar-refractivity contribution in [3.05, 3.63) is 70.0 Å². The minimum absolute atomic E-state index is 0.280. The lowest BCUT2D eigenvalue weighted by molar-refractivity contribution is -0.148. The minimum atomic E-state index is -0.494. The van der Waals surface area contributed by atoms with Crippen molar-refractivity contribution in [1.29, 1.82) is 0 Å². The van der Waals surface area contributed by atoms with Crippen molar-refractivity contribution < 1.29 is 13.9 Å². The van der Waals surface area contributed by atoms with Crippen molar-refractivity contribution in [1.82, 2.24) is 0 Å². The van der Waals surface area contributed by atoms with Crippen molar-refractivity contribution >= 4 is 30.2 Å². The number of aryl methyl sites for hydroxylation is 1. The van der Waals surface area contributed by atoms with Crippen molar-refractivity contribution in [3.63, 3.8) is 0 Å². The largest absolute Gasteiger partial charge is 0.460 e. The van der Waals surface area contributed by atoms with Crippen LogP contribution in [0, 0.1) is 12.7 Å². The van der Waals surface area contributed by atoms with Gasteiger partial charge in [0.1, 0.15) is 11.9 Å². The zero-order valence-corrected chi connectivity index (χ0v) is 15.3. The lowest BCUT2D eigenvalue weighted by atomic mass is 9.99. The van der Waals surface area contributed by atoms with E-state index in [1.54, 1.807) is 19.1 Å². The summed E-state index contributed by atoms with van der Waals surface area (Å²) in [5, 5.41) is 0.213. The zero-order chi connectivity index (χ0) is 17.7. The highest BCUT2D eigenvalue weighted by Crippen LogP contribution is 2.34. The molecule has 0 bridgehead atoms. The standard InChI is InChI=1S/C19H20ClFO2S/c1-3-18(22)23-17(11-13-5-7-14(21)8-6-13)19(24)15-9-4-12(2)10-16(15)20/h4-10,17,19,24H,3,11H2,1-2H3. The second-order valence-electron chi connectivity index (χ2n) is 5.68. The second kappa shape index (κ2) is 8.54. The molecule has 0 saturated carbocycles. The van der Waals surface area contributed by atoms with Crippen molar-refractivity contribution in [2.24, 2.45) is 0 Å². The number of carbonyl (C=O) groups excluding carboxylic acids is 1. The second-order valence-corrected chi connectivity index (χ2v) is 6.65. The van der Waals surface area contributed by atoms with Gasteiger partial charge in [-0.25, -0.2) is 4.39 Å². The summed E-state index contributed by atoms with van der Waals surface area (Å²) in [6.45, 7) is 3.69. The molecule has 0 heterocycles. The predicted molar refractivity (Wildman–Crippen MR) is 98.2 cm³/mol. The maximum atomic E-state index is 13.1. The molecule has 5 heteroatoms. The van der Waals surface area contributed by atoms with E-state index in [0.29, 0.717) is 11.4 Å². The first-order valence-electron chi connectivity index (χ1n) is 7.78. The Labute approximate surface area is 152 Å². The number of rotatable bonds is 6. The lowest BCUT2D eigenvalue weighted by Crippen LogP contribution is -2.25. The van der Waals surface area contributed by atoms with E-state index in [1.807, 2.05) is 25.1 Å². The van der Waals surface area contributed by atoms with E-state index in [0.717, 1.165) is 16.7 Å². The summed E-state index contributed by atoms with van der Waals surface area (Å²) in [5.74, 6) is -0.603. The average molecular weight is 367 g/mol. The summed E-state index contributed by atoms with van der Waals surface area (Å²) >= 11 is 11.0. The molecule has 0 radical (unpaired) electrons. The van der Waals surface area contributed by atoms with E-state index in [4.69, 9.17) is 16.3 Å². The summed E-state index contributed by atoms with van der Waals surface area (Å²) < 4.78 is 18.7. The highest BCUT2D eigenvalue weighted by Gasteiger charge is 2.25. The molecular weight excluding hydrogens is 347 g/mol. The van der Waals surface area contributed by atoms with Crippen LogP contribution < -0.4 is 0 Å². The van der Waals surface area contributed by atoms with Gasteiger partial charge in [0.15, 0.2) is 0 Å². The quantitative estimate of drug-likeness (QED) is 0.553. The Hall–Kier alpha value is -1.52. The molecule has 2 unspecified atom stereocenters. The third kappa shape index (κ3) is 4.99. The molecule has 2 rings (SSSR count). The molecule has 128 valence electrons. The average Bonchev–Trinajstić information content (AvgIpc) is 2.55. The van der Waals surface area contributed by atoms with Gasteiger partial charge >= 0.3 is 5.97 Å². The van der Waals surface area contributed by atoms with Gasteiger partial charge in [0, 0.05) is 17.9 Å². The van der Waals surface area contributed by atoms with Gasteiger partial charge in [-0.2, -0.15) is 12.6 Å². The SMILES string of the molecule is CCC(=O)OC(Cc1ccc(F)cc1)C(S)c1ccc(C)cc1Cl. The fraction of sp³-hybridized carbons (Fsp3) is 0.316. The Kier molecular flexibility index (Phi) is 6.69. The maximum Gasteiger partial charge on any atom is 0.305 e. The van der Waals surface area contributed by atoms with Crippen LogP contribution in [0.25, 0.3) is 0 Å². The van der Waals surface area contributed by atoms with E-state index in [9.17, 15) is 9.18 Å². The van der Waals surface area contributed by atoms with E-state index in [1.165, 1.54) is 12.1 Å². The van der Waals surface area contributed by atoms with Gasteiger partial charge in [-0.3, -0.25) is 4.79 Å². The molecule has 0 N–H and O–H groups in total. The molecule has 0 aliphatic heterocycles. The Balaban J connectivity index is 2.26. The van der Waals surface area contributed by atoms with Crippen molar-refractivity contribution in [2.45, 2.75) is 38.0 Å². The Bertz CT molecular complexity index is 703. The normalized spacial score (nSPS) is 13.4. The molecule has 0 saturated heterocycles. The molecule has 0 fully saturated rings. The van der Waals surface area contributed by atoms with Crippen LogP contribution in [0.4, 0.5) is 4.39 Å². The van der Waals surface area contributed by atoms with Gasteiger partial charge < -0.3 is 4.74 Å². The summed E-state index contributed by atoms with van der Waals surface area (Å²) in [4.78, 5) is 11.8. The first-order valence-corrected chi connectivity index (χ1v) is 8.68. The number of ether oxygens (including phenoxy) is 1. The highest BCUT2D eigenvalue weighted by atomic mass is 35.5. The first-order chi connectivity index (χ1) is 11.4. The predicted octanol–water partition coefficient (Wildman–Crippen LogP) is 5.32. The van der Waals surface area contributed by atoms with Gasteiger partial charge in [-0.1, -0.05) is 42.8 Å². The Morgan fingerprint density at radius 3 is 2.50 bits per heavy atom. The van der Waals surface area contributed by atoms with Crippen LogP contribution in [0.1, 0.15) is 35.3 Å². The molecule has 0 aliphatic rings. The summed E-state index contributed by atoms with van der Waals surface area (Å²) in [6.07, 6.45) is 0.221. The van der Waals surface area contributed by atoms with Crippen LogP contribution in [0.3, 0.4) is 0 Å². The first kappa shape index (κ1) is 18.8. The Morgan fingerprint density at radius 1 is 1.25 bits per heavy atom. The third-order valence-corrected chi connectivity index (χ3v) is 4.69. The summed E-state index contributed by atoms with van der Waals surface area (Å²) in [7, 11) is 0. The molecule has 24 heavy (non-hydrogen) atoms. The van der Waals surface area contributed by atoms with Gasteiger partial charge in [0.25, 0.3) is 0 Å². The fourth-order valence-corrected chi connectivity index (χ4v) is 3.22. The smallest absolute Gasteiger partial charge is 0.305 e. The van der Waals surface area contributed by atoms with Crippen LogP contribution in [0.2, 0.25) is 5.02 Å². The molecule has 2 aromatic carbocycles. The molecule has 0 aromatic heterocycles. The maximum absolute atomic E-state index is 13.1. The Morgan fingerprint density at radius 2 is 1.92 bits per heavy atom. The molecule has 0 spiro atoms. The summed E-state index contributed by atoms with van der Waals surface area (Å²) in [5.41, 5.74) is 2.72. The topological polar surface area (TPSA) is 26.3 Å². The number of benzene rings is 2. The molecule has 2 aromatic rings. The number of hydrogen-bond acceptors (Lipinski definition) is 3. The lowest BCUT2D eigenvalue weighted by Gasteiger charge is -2.25. The van der Waals surface area contributed by atoms with Gasteiger partial charge in [0.05, 0.1) is 5.25 Å². The third-order valence-electron chi connectivity index (χ3n) is 3.75. The zero-order valence-electron chi connectivity index (χ0n) is 13.6. The van der Waals surface area contributed by atoms with Crippen LogP contribution in [-0.4, -0.2) is 12.1 Å². The molecule has 2 nitrogen and oxygen atoms in total. The fourth-order valence-electron chi connectivity index (χ4n) is 2.40. The summed E-state index contributed by atoms with van der Waals surface area (Å²) in [6, 6.07) is 11.8. The van der Waals surface area contributed by atoms with Crippen molar-refractivity contribution in [2.75, 3.05) is 0 Å². The van der Waals surface area contributed by atoms with E-state index < -0.39 is 6.10 Å². The van der Waals surface area contributed by atoms with Crippen LogP contribution in [0.5, 0.6) is 0 Å². The number of halogens is 2. The molecule has 0 amide bonds. The van der Waals surface area contributed by atoms with Crippen LogP contribution in [0.15, 0.2) is 42.5 Å². The van der Waals surface area contributed by atoms with E-state index in [2.05, 4.69) is 12.6 Å². The van der Waals surface area contributed by atoms with E-state index >= 15 is 0 Å². The number of hydrogen-bond donors (Lipinski definition) is 1. The van der Waals surface area contributed by atoms with Gasteiger partial charge in [0.2, 0.25) is 0 Å². The molecular formula is C19H20ClFO2S. The number of esters is 1. The van der Waals surface area contributed by atoms with Gasteiger partial charge in [-0.15, -0.1) is 0 Å². The van der Waals surface area contributed by atoms with Gasteiger partial charge in [-0.05, 0) is 41.8 Å². The number of carbonyl (C=O) groups is 1. The number of thiol groups is 1. The molecule has 2 atom stereocenters. The highest BCUT2D eigenvalue weighted by molar-refractivity contribution is 7.80. The van der Waals surface area contributed by atoms with E-state index in [-0.39, 0.29) is 23.5 Å². The van der Waals surface area contributed by atoms with Crippen LogP contribution >= 0.6 is 24.2 Å². The monoisotopic (exact) mass is 366 g/mol. The van der Waals surface area contributed by atoms with Crippen molar-refractivity contribution in [3.8, 4) is 0 Å². The minimum Gasteiger partial charge on any atom is -0.460 e.